The van der Waals surface area contributed by atoms with Gasteiger partial charge in [0.15, 0.2) is 11.6 Å². The molecule has 26 heavy (non-hydrogen) atoms. The third-order valence-electron chi connectivity index (χ3n) is 4.17. The summed E-state index contributed by atoms with van der Waals surface area (Å²) in [5, 5.41) is 0. The van der Waals surface area contributed by atoms with Crippen molar-refractivity contribution in [1.29, 1.82) is 0 Å². The summed E-state index contributed by atoms with van der Waals surface area (Å²) in [6.07, 6.45) is 1.63. The normalized spacial score (nSPS) is 13.2. The van der Waals surface area contributed by atoms with Crippen LogP contribution >= 0.6 is 0 Å². The van der Waals surface area contributed by atoms with Crippen LogP contribution in [0.3, 0.4) is 0 Å². The first-order chi connectivity index (χ1) is 12.5. The summed E-state index contributed by atoms with van der Waals surface area (Å²) in [5.41, 5.74) is 2.61. The number of hydrogen-bond acceptors (Lipinski definition) is 5. The fraction of sp³-hybridized carbons (Fsp3) is 0.190. The molecule has 1 aliphatic rings. The number of fused-ring (bicyclic) bond motifs is 2. The van der Waals surface area contributed by atoms with Crippen molar-refractivity contribution in [3.63, 3.8) is 0 Å². The molecule has 2 aromatic carbocycles. The Morgan fingerprint density at radius 1 is 0.923 bits per heavy atom. The molecular formula is C21H18O5. The molecule has 0 amide bonds. The molecule has 2 aromatic rings. The number of rotatable bonds is 5. The van der Waals surface area contributed by atoms with Gasteiger partial charge in [0, 0.05) is 34.9 Å². The number of ketones is 2. The van der Waals surface area contributed by atoms with Gasteiger partial charge < -0.3 is 9.47 Å². The second kappa shape index (κ2) is 7.45. The van der Waals surface area contributed by atoms with Crippen LogP contribution < -0.4 is 0 Å². The standard InChI is InChI=1S/C21H18O5/c1-13(21(24)26-10-9-25-2)11-14-7-8-17-18(12-14)20(23)16-6-4-3-5-15(16)19(17)22/h3-8,11-12H,9-10H2,1-2H3. The number of esters is 1. The topological polar surface area (TPSA) is 69.7 Å². The van der Waals surface area contributed by atoms with Gasteiger partial charge in [0.1, 0.15) is 6.61 Å². The fourth-order valence-corrected chi connectivity index (χ4v) is 2.85. The Kier molecular flexibility index (Phi) is 5.09. The molecule has 0 N–H and O–H groups in total. The van der Waals surface area contributed by atoms with E-state index in [1.807, 2.05) is 0 Å². The molecule has 0 aromatic heterocycles. The largest absolute Gasteiger partial charge is 0.460 e. The maximum Gasteiger partial charge on any atom is 0.333 e. The van der Waals surface area contributed by atoms with E-state index in [4.69, 9.17) is 9.47 Å². The van der Waals surface area contributed by atoms with Crippen molar-refractivity contribution in [2.75, 3.05) is 20.3 Å². The Balaban J connectivity index is 1.90. The maximum atomic E-state index is 12.7. The zero-order valence-corrected chi connectivity index (χ0v) is 14.6. The summed E-state index contributed by atoms with van der Waals surface area (Å²) in [6, 6.07) is 11.8. The molecule has 0 spiro atoms. The van der Waals surface area contributed by atoms with Crippen LogP contribution in [-0.2, 0) is 14.3 Å². The average Bonchev–Trinajstić information content (AvgIpc) is 2.66. The van der Waals surface area contributed by atoms with Crippen LogP contribution in [0, 0.1) is 0 Å². The quantitative estimate of drug-likeness (QED) is 0.402. The van der Waals surface area contributed by atoms with Gasteiger partial charge >= 0.3 is 5.97 Å². The predicted octanol–water partition coefficient (Wildman–Crippen LogP) is 3.05. The van der Waals surface area contributed by atoms with Gasteiger partial charge in [0.25, 0.3) is 0 Å². The van der Waals surface area contributed by atoms with Crippen molar-refractivity contribution >= 4 is 23.6 Å². The number of carbonyl (C=O) groups excluding carboxylic acids is 3. The minimum atomic E-state index is -0.451. The number of methoxy groups -OCH3 is 1. The zero-order chi connectivity index (χ0) is 18.7. The van der Waals surface area contributed by atoms with Gasteiger partial charge in [-0.2, -0.15) is 0 Å². The maximum absolute atomic E-state index is 12.7. The second-order valence-electron chi connectivity index (χ2n) is 5.96. The fourth-order valence-electron chi connectivity index (χ4n) is 2.85. The average molecular weight is 350 g/mol. The number of benzene rings is 2. The smallest absolute Gasteiger partial charge is 0.333 e. The third-order valence-corrected chi connectivity index (χ3v) is 4.17. The molecule has 3 rings (SSSR count). The molecule has 0 saturated heterocycles. The van der Waals surface area contributed by atoms with Gasteiger partial charge in [0.05, 0.1) is 6.61 Å². The van der Waals surface area contributed by atoms with E-state index in [0.29, 0.717) is 40.0 Å². The van der Waals surface area contributed by atoms with Gasteiger partial charge in [-0.3, -0.25) is 9.59 Å². The lowest BCUT2D eigenvalue weighted by atomic mass is 9.83. The van der Waals surface area contributed by atoms with E-state index in [-0.39, 0.29) is 18.2 Å². The highest BCUT2D eigenvalue weighted by atomic mass is 16.6. The molecule has 0 bridgehead atoms. The van der Waals surface area contributed by atoms with Gasteiger partial charge in [-0.05, 0) is 30.7 Å². The Labute approximate surface area is 151 Å². The second-order valence-corrected chi connectivity index (χ2v) is 5.96. The summed E-state index contributed by atoms with van der Waals surface area (Å²) in [7, 11) is 1.53. The van der Waals surface area contributed by atoms with E-state index >= 15 is 0 Å². The molecule has 0 saturated carbocycles. The highest BCUT2D eigenvalue weighted by Gasteiger charge is 2.29. The van der Waals surface area contributed by atoms with Crippen LogP contribution in [0.1, 0.15) is 44.3 Å². The molecule has 0 radical (unpaired) electrons. The molecular weight excluding hydrogens is 332 g/mol. The molecule has 5 nitrogen and oxygen atoms in total. The van der Waals surface area contributed by atoms with E-state index in [2.05, 4.69) is 0 Å². The lowest BCUT2D eigenvalue weighted by Crippen LogP contribution is -2.20. The van der Waals surface area contributed by atoms with Crippen molar-refractivity contribution in [3.05, 3.63) is 75.9 Å². The van der Waals surface area contributed by atoms with Gasteiger partial charge in [-0.25, -0.2) is 4.79 Å². The first kappa shape index (κ1) is 17.8. The summed E-state index contributed by atoms with van der Waals surface area (Å²) < 4.78 is 9.90. The highest BCUT2D eigenvalue weighted by Crippen LogP contribution is 2.28. The van der Waals surface area contributed by atoms with Crippen molar-refractivity contribution in [1.82, 2.24) is 0 Å². The summed E-state index contributed by atoms with van der Waals surface area (Å²) in [4.78, 5) is 37.2. The number of hydrogen-bond donors (Lipinski definition) is 0. The number of carbonyl (C=O) groups is 3. The van der Waals surface area contributed by atoms with E-state index < -0.39 is 5.97 Å². The zero-order valence-electron chi connectivity index (χ0n) is 14.6. The first-order valence-corrected chi connectivity index (χ1v) is 8.19. The molecule has 0 heterocycles. The van der Waals surface area contributed by atoms with Crippen molar-refractivity contribution in [2.45, 2.75) is 6.92 Å². The SMILES string of the molecule is COCCOC(=O)C(C)=Cc1ccc2c(c1)C(=O)c1ccccc1C2=O. The minimum absolute atomic E-state index is 0.165. The molecule has 0 fully saturated rings. The minimum Gasteiger partial charge on any atom is -0.460 e. The Morgan fingerprint density at radius 2 is 1.54 bits per heavy atom. The molecule has 5 heteroatoms. The van der Waals surface area contributed by atoms with Crippen LogP contribution in [0.4, 0.5) is 0 Å². The van der Waals surface area contributed by atoms with Gasteiger partial charge in [0.2, 0.25) is 0 Å². The van der Waals surface area contributed by atoms with Crippen LogP contribution in [-0.4, -0.2) is 37.9 Å². The molecule has 0 atom stereocenters. The lowest BCUT2D eigenvalue weighted by molar-refractivity contribution is -0.140. The van der Waals surface area contributed by atoms with E-state index in [9.17, 15) is 14.4 Å². The van der Waals surface area contributed by atoms with Crippen LogP contribution in [0.15, 0.2) is 48.0 Å². The van der Waals surface area contributed by atoms with Crippen molar-refractivity contribution < 1.29 is 23.9 Å². The molecule has 132 valence electrons. The van der Waals surface area contributed by atoms with Gasteiger partial charge in [-0.1, -0.05) is 30.3 Å². The van der Waals surface area contributed by atoms with Crippen LogP contribution in [0.5, 0.6) is 0 Å². The molecule has 1 aliphatic carbocycles. The van der Waals surface area contributed by atoms with Crippen LogP contribution in [0.2, 0.25) is 0 Å². The lowest BCUT2D eigenvalue weighted by Gasteiger charge is -2.17. The van der Waals surface area contributed by atoms with Crippen molar-refractivity contribution in [3.8, 4) is 0 Å². The van der Waals surface area contributed by atoms with Crippen molar-refractivity contribution in [2.24, 2.45) is 0 Å². The summed E-state index contributed by atoms with van der Waals surface area (Å²) in [5.74, 6) is -0.806. The summed E-state index contributed by atoms with van der Waals surface area (Å²) >= 11 is 0. The highest BCUT2D eigenvalue weighted by molar-refractivity contribution is 6.28. The Bertz CT molecular complexity index is 924. The third kappa shape index (κ3) is 3.34. The van der Waals surface area contributed by atoms with E-state index in [1.54, 1.807) is 55.5 Å². The predicted molar refractivity (Wildman–Crippen MR) is 96.2 cm³/mol. The molecule has 0 aliphatic heterocycles. The van der Waals surface area contributed by atoms with Crippen LogP contribution in [0.25, 0.3) is 6.08 Å². The Morgan fingerprint density at radius 3 is 2.19 bits per heavy atom. The Hall–Kier alpha value is -3.05. The van der Waals surface area contributed by atoms with Gasteiger partial charge in [-0.15, -0.1) is 0 Å². The van der Waals surface area contributed by atoms with E-state index in [0.717, 1.165) is 0 Å². The first-order valence-electron chi connectivity index (χ1n) is 8.19. The summed E-state index contributed by atoms with van der Waals surface area (Å²) in [6.45, 7) is 2.14. The number of ether oxygens (including phenoxy) is 2. The molecule has 0 unspecified atom stereocenters. The monoisotopic (exact) mass is 350 g/mol. The van der Waals surface area contributed by atoms with E-state index in [1.165, 1.54) is 7.11 Å².